The average Bonchev–Trinajstić information content (AvgIpc) is 2.90. The maximum Gasteiger partial charge on any atom is 0.271 e. The first-order valence-corrected chi connectivity index (χ1v) is 8.97. The fourth-order valence-electron chi connectivity index (χ4n) is 3.50. The smallest absolute Gasteiger partial charge is 0.271 e. The number of allylic oxidation sites excluding steroid dienone is 2. The summed E-state index contributed by atoms with van der Waals surface area (Å²) in [5, 5.41) is 14.0. The number of amides is 3. The number of nitrogens with zero attached hydrogens (tertiary/aromatic N) is 2. The second-order valence-corrected chi connectivity index (χ2v) is 7.14. The Bertz CT molecular complexity index is 899. The number of hydrogen-bond donors (Lipinski definition) is 1. The number of methoxy groups -OCH3 is 1. The van der Waals surface area contributed by atoms with Crippen LogP contribution in [-0.4, -0.2) is 40.7 Å². The molecule has 1 aliphatic carbocycles. The van der Waals surface area contributed by atoms with Gasteiger partial charge in [0.25, 0.3) is 5.69 Å². The molecule has 3 atom stereocenters. The Balaban J connectivity index is 1.80. The van der Waals surface area contributed by atoms with Crippen LogP contribution in [0.3, 0.4) is 0 Å². The molecule has 2 aliphatic rings. The van der Waals surface area contributed by atoms with E-state index in [1.54, 1.807) is 6.08 Å². The third kappa shape index (κ3) is 3.45. The first kappa shape index (κ1) is 19.8. The van der Waals surface area contributed by atoms with Crippen LogP contribution in [0, 0.1) is 22.0 Å². The molecule has 1 aromatic carbocycles. The number of likely N-dealkylation sites (tertiary alicyclic amines) is 1. The maximum atomic E-state index is 12.7. The molecule has 3 amide bonds. The minimum absolute atomic E-state index is 0.0785. The molecule has 3 rings (SSSR count). The summed E-state index contributed by atoms with van der Waals surface area (Å²) < 4.78 is 5.11. The molecule has 1 N–H and O–H groups in total. The lowest BCUT2D eigenvalue weighted by Crippen LogP contribution is -2.46. The summed E-state index contributed by atoms with van der Waals surface area (Å²) in [5.74, 6) is -2.36. The third-order valence-corrected chi connectivity index (χ3v) is 5.33. The Kier molecular flexibility index (Phi) is 5.37. The van der Waals surface area contributed by atoms with Crippen LogP contribution in [0.15, 0.2) is 29.3 Å². The highest BCUT2D eigenvalue weighted by molar-refractivity contribution is 6.30. The van der Waals surface area contributed by atoms with Gasteiger partial charge in [0.1, 0.15) is 11.8 Å². The quantitative estimate of drug-likeness (QED) is 0.455. The molecule has 1 fully saturated rings. The average molecular weight is 408 g/mol. The number of nitro benzene ring substituents is 1. The van der Waals surface area contributed by atoms with Gasteiger partial charge in [-0.1, -0.05) is 17.7 Å². The van der Waals surface area contributed by atoms with Crippen molar-refractivity contribution in [3.63, 3.8) is 0 Å². The molecule has 1 aromatic rings. The van der Waals surface area contributed by atoms with Gasteiger partial charge >= 0.3 is 0 Å². The molecule has 0 aromatic heterocycles. The molecule has 0 spiro atoms. The minimum atomic E-state index is -1.09. The number of rotatable bonds is 5. The summed E-state index contributed by atoms with van der Waals surface area (Å²) in [6.45, 7) is 1.43. The van der Waals surface area contributed by atoms with Gasteiger partial charge in [-0.25, -0.2) is 0 Å². The molecular formula is C18H18ClN3O6. The van der Waals surface area contributed by atoms with E-state index in [2.05, 4.69) is 5.32 Å². The minimum Gasteiger partial charge on any atom is -0.495 e. The number of nitro groups is 1. The predicted molar refractivity (Wildman–Crippen MR) is 99.7 cm³/mol. The number of imide groups is 1. The number of benzene rings is 1. The fourth-order valence-corrected chi connectivity index (χ4v) is 3.75. The molecule has 9 nitrogen and oxygen atoms in total. The van der Waals surface area contributed by atoms with Crippen LogP contribution in [0.1, 0.15) is 19.8 Å². The van der Waals surface area contributed by atoms with E-state index < -0.39 is 40.5 Å². The number of carbonyl (C=O) groups is 3. The first-order chi connectivity index (χ1) is 13.2. The van der Waals surface area contributed by atoms with Gasteiger partial charge in [0.2, 0.25) is 17.7 Å². The highest BCUT2D eigenvalue weighted by Crippen LogP contribution is 2.40. The van der Waals surface area contributed by atoms with Gasteiger partial charge < -0.3 is 10.1 Å². The summed E-state index contributed by atoms with van der Waals surface area (Å²) in [6.07, 6.45) is 2.36. The molecular weight excluding hydrogens is 390 g/mol. The molecule has 0 bridgehead atoms. The van der Waals surface area contributed by atoms with Crippen LogP contribution in [-0.2, 0) is 14.4 Å². The van der Waals surface area contributed by atoms with Crippen molar-refractivity contribution in [2.75, 3.05) is 12.4 Å². The van der Waals surface area contributed by atoms with Gasteiger partial charge in [0, 0.05) is 17.2 Å². The van der Waals surface area contributed by atoms with E-state index in [9.17, 15) is 24.5 Å². The summed E-state index contributed by atoms with van der Waals surface area (Å²) in [5.41, 5.74) is -0.154. The van der Waals surface area contributed by atoms with Crippen molar-refractivity contribution in [3.05, 3.63) is 39.4 Å². The van der Waals surface area contributed by atoms with Crippen molar-refractivity contribution in [2.45, 2.75) is 25.8 Å². The molecule has 0 saturated carbocycles. The lowest BCUT2D eigenvalue weighted by molar-refractivity contribution is -0.384. The zero-order valence-corrected chi connectivity index (χ0v) is 15.9. The molecule has 28 heavy (non-hydrogen) atoms. The fraction of sp³-hybridized carbons (Fsp3) is 0.389. The number of non-ortho nitro benzene ring substituents is 1. The standard InChI is InChI=1S/C18H18ClN3O6/c1-9(21-17(24)12-5-3-10(19)7-13(12)18(21)25)16(23)20-14-8-11(22(26)27)4-6-15(14)28-2/h3-4,6,8-9,12-13H,5,7H2,1-2H3,(H,20,23)/t9-,12-,13+/m0/s1. The van der Waals surface area contributed by atoms with Crippen molar-refractivity contribution in [3.8, 4) is 5.75 Å². The zero-order chi connectivity index (χ0) is 20.6. The molecule has 148 valence electrons. The summed E-state index contributed by atoms with van der Waals surface area (Å²) in [4.78, 5) is 49.4. The highest BCUT2D eigenvalue weighted by Gasteiger charge is 2.51. The van der Waals surface area contributed by atoms with Crippen molar-refractivity contribution in [1.29, 1.82) is 0 Å². The van der Waals surface area contributed by atoms with E-state index in [1.165, 1.54) is 26.2 Å². The van der Waals surface area contributed by atoms with Crippen molar-refractivity contribution >= 4 is 40.7 Å². The molecule has 0 radical (unpaired) electrons. The van der Waals surface area contributed by atoms with Gasteiger partial charge in [0.05, 0.1) is 29.6 Å². The van der Waals surface area contributed by atoms with E-state index in [-0.39, 0.29) is 23.5 Å². The number of nitrogens with one attached hydrogen (secondary N) is 1. The van der Waals surface area contributed by atoms with Gasteiger partial charge in [-0.2, -0.15) is 0 Å². The number of hydrogen-bond acceptors (Lipinski definition) is 6. The zero-order valence-electron chi connectivity index (χ0n) is 15.2. The van der Waals surface area contributed by atoms with E-state index in [0.717, 1.165) is 11.0 Å². The normalized spacial score (nSPS) is 22.4. The summed E-state index contributed by atoms with van der Waals surface area (Å²) >= 11 is 6.00. The van der Waals surface area contributed by atoms with Crippen LogP contribution in [0.5, 0.6) is 5.75 Å². The van der Waals surface area contributed by atoms with Crippen LogP contribution in [0.4, 0.5) is 11.4 Å². The number of fused-ring (bicyclic) bond motifs is 1. The molecule has 10 heteroatoms. The molecule has 1 saturated heterocycles. The van der Waals surface area contributed by atoms with Crippen molar-refractivity contribution in [1.82, 2.24) is 4.90 Å². The van der Waals surface area contributed by atoms with E-state index in [4.69, 9.17) is 16.3 Å². The second kappa shape index (κ2) is 7.59. The summed E-state index contributed by atoms with van der Waals surface area (Å²) in [6, 6.07) is 2.66. The second-order valence-electron chi connectivity index (χ2n) is 6.66. The Morgan fingerprint density at radius 2 is 2.04 bits per heavy atom. The Morgan fingerprint density at radius 3 is 2.68 bits per heavy atom. The summed E-state index contributed by atoms with van der Waals surface area (Å²) in [7, 11) is 1.36. The molecule has 0 unspecified atom stereocenters. The van der Waals surface area contributed by atoms with Gasteiger partial charge in [0.15, 0.2) is 0 Å². The Morgan fingerprint density at radius 1 is 1.36 bits per heavy atom. The van der Waals surface area contributed by atoms with Crippen LogP contribution < -0.4 is 10.1 Å². The lowest BCUT2D eigenvalue weighted by Gasteiger charge is -2.22. The van der Waals surface area contributed by atoms with Gasteiger partial charge in [-0.15, -0.1) is 0 Å². The topological polar surface area (TPSA) is 119 Å². The number of carbonyl (C=O) groups excluding carboxylic acids is 3. The number of anilines is 1. The van der Waals surface area contributed by atoms with Gasteiger partial charge in [-0.05, 0) is 25.8 Å². The first-order valence-electron chi connectivity index (χ1n) is 8.59. The SMILES string of the molecule is COc1ccc([N+](=O)[O-])cc1NC(=O)[C@H](C)N1C(=O)[C@H]2CC=C(Cl)C[C@H]2C1=O. The Labute approximate surface area is 165 Å². The van der Waals surface area contributed by atoms with Crippen LogP contribution >= 0.6 is 11.6 Å². The van der Waals surface area contributed by atoms with Crippen LogP contribution in [0.2, 0.25) is 0 Å². The van der Waals surface area contributed by atoms with Gasteiger partial charge in [-0.3, -0.25) is 29.4 Å². The van der Waals surface area contributed by atoms with Crippen molar-refractivity contribution in [2.24, 2.45) is 11.8 Å². The highest BCUT2D eigenvalue weighted by atomic mass is 35.5. The maximum absolute atomic E-state index is 12.7. The van der Waals surface area contributed by atoms with Crippen LogP contribution in [0.25, 0.3) is 0 Å². The number of ether oxygens (including phenoxy) is 1. The van der Waals surface area contributed by atoms with Crippen molar-refractivity contribution < 1.29 is 24.0 Å². The lowest BCUT2D eigenvalue weighted by atomic mass is 9.85. The monoisotopic (exact) mass is 407 g/mol. The van der Waals surface area contributed by atoms with E-state index in [0.29, 0.717) is 11.5 Å². The largest absolute Gasteiger partial charge is 0.495 e. The molecule has 1 heterocycles. The predicted octanol–water partition coefficient (Wildman–Crippen LogP) is 2.45. The Hall–Kier alpha value is -2.94. The molecule has 1 aliphatic heterocycles. The third-order valence-electron chi connectivity index (χ3n) is 5.02. The van der Waals surface area contributed by atoms with E-state index in [1.807, 2.05) is 0 Å². The number of halogens is 1. The van der Waals surface area contributed by atoms with E-state index >= 15 is 0 Å².